The molecule has 0 radical (unpaired) electrons. The fourth-order valence-corrected chi connectivity index (χ4v) is 2.59. The van der Waals surface area contributed by atoms with Gasteiger partial charge in [-0.3, -0.25) is 0 Å². The summed E-state index contributed by atoms with van der Waals surface area (Å²) in [5.74, 6) is 0.743. The number of urea groups is 1. The van der Waals surface area contributed by atoms with Gasteiger partial charge in [-0.15, -0.1) is 0 Å². The summed E-state index contributed by atoms with van der Waals surface area (Å²) < 4.78 is 7.12. The van der Waals surface area contributed by atoms with Gasteiger partial charge in [-0.05, 0) is 26.0 Å². The lowest BCUT2D eigenvalue weighted by atomic mass is 10.2. The number of carbonyl (C=O) groups excluding carboxylic acids is 1. The van der Waals surface area contributed by atoms with E-state index in [0.29, 0.717) is 12.2 Å². The Labute approximate surface area is 146 Å². The van der Waals surface area contributed by atoms with Crippen LogP contribution in [0.4, 0.5) is 10.5 Å². The first-order valence-electron chi connectivity index (χ1n) is 8.08. The van der Waals surface area contributed by atoms with Crippen LogP contribution in [0.25, 0.3) is 11.0 Å². The summed E-state index contributed by atoms with van der Waals surface area (Å²) in [4.78, 5) is 16.5. The van der Waals surface area contributed by atoms with E-state index in [-0.39, 0.29) is 12.1 Å². The number of benzene rings is 1. The van der Waals surface area contributed by atoms with Crippen molar-refractivity contribution in [3.8, 4) is 5.75 Å². The highest BCUT2D eigenvalue weighted by Gasteiger charge is 2.10. The van der Waals surface area contributed by atoms with Gasteiger partial charge in [0, 0.05) is 23.5 Å². The Morgan fingerprint density at radius 2 is 2.08 bits per heavy atom. The van der Waals surface area contributed by atoms with Crippen molar-refractivity contribution in [1.29, 1.82) is 0 Å². The molecule has 0 aliphatic rings. The first-order chi connectivity index (χ1) is 12.1. The number of fused-ring (bicyclic) bond motifs is 1. The van der Waals surface area contributed by atoms with Crippen molar-refractivity contribution in [3.05, 3.63) is 48.3 Å². The van der Waals surface area contributed by atoms with Crippen molar-refractivity contribution in [3.63, 3.8) is 0 Å². The number of aromatic nitrogens is 3. The molecule has 0 spiro atoms. The number of hydrogen-bond donors (Lipinski definition) is 2. The Morgan fingerprint density at radius 3 is 2.84 bits per heavy atom. The van der Waals surface area contributed by atoms with Crippen molar-refractivity contribution in [2.24, 2.45) is 0 Å². The van der Waals surface area contributed by atoms with E-state index in [9.17, 15) is 4.79 Å². The minimum Gasteiger partial charge on any atom is -0.496 e. The Morgan fingerprint density at radius 1 is 1.28 bits per heavy atom. The third-order valence-electron chi connectivity index (χ3n) is 3.81. The molecule has 2 heterocycles. The SMILES string of the molecule is COc1ccccc1CNC(=O)Nc1cnc2c(cnn2C(C)C)c1. The van der Waals surface area contributed by atoms with E-state index in [1.54, 1.807) is 19.5 Å². The molecule has 0 bridgehead atoms. The maximum absolute atomic E-state index is 12.1. The van der Waals surface area contributed by atoms with Crippen molar-refractivity contribution in [2.45, 2.75) is 26.4 Å². The molecule has 3 aromatic rings. The minimum atomic E-state index is -0.302. The van der Waals surface area contributed by atoms with Crippen LogP contribution in [0.2, 0.25) is 0 Å². The first kappa shape index (κ1) is 16.8. The topological polar surface area (TPSA) is 81.1 Å². The number of rotatable bonds is 5. The van der Waals surface area contributed by atoms with Crippen LogP contribution in [0.3, 0.4) is 0 Å². The molecule has 1 aromatic carbocycles. The second-order valence-corrected chi connectivity index (χ2v) is 5.94. The summed E-state index contributed by atoms with van der Waals surface area (Å²) >= 11 is 0. The van der Waals surface area contributed by atoms with Gasteiger partial charge >= 0.3 is 6.03 Å². The summed E-state index contributed by atoms with van der Waals surface area (Å²) in [6.07, 6.45) is 3.38. The van der Waals surface area contributed by atoms with Crippen molar-refractivity contribution < 1.29 is 9.53 Å². The van der Waals surface area contributed by atoms with Crippen LogP contribution >= 0.6 is 0 Å². The molecule has 0 fully saturated rings. The predicted molar refractivity (Wildman–Crippen MR) is 96.8 cm³/mol. The molecule has 2 aromatic heterocycles. The Bertz CT molecular complexity index is 888. The van der Waals surface area contributed by atoms with Crippen molar-refractivity contribution >= 4 is 22.8 Å². The van der Waals surface area contributed by atoms with Crippen LogP contribution in [0, 0.1) is 0 Å². The molecule has 0 aliphatic heterocycles. The van der Waals surface area contributed by atoms with Crippen LogP contribution in [0.1, 0.15) is 25.5 Å². The van der Waals surface area contributed by atoms with Gasteiger partial charge in [0.2, 0.25) is 0 Å². The molecule has 2 amide bonds. The van der Waals surface area contributed by atoms with E-state index < -0.39 is 0 Å². The van der Waals surface area contributed by atoms with E-state index in [1.165, 1.54) is 0 Å². The lowest BCUT2D eigenvalue weighted by molar-refractivity contribution is 0.251. The summed E-state index contributed by atoms with van der Waals surface area (Å²) in [6.45, 7) is 4.47. The number of amides is 2. The second kappa shape index (κ2) is 7.21. The number of para-hydroxylation sites is 1. The molecule has 7 nitrogen and oxygen atoms in total. The van der Waals surface area contributed by atoms with E-state index in [1.807, 2.05) is 48.9 Å². The summed E-state index contributed by atoms with van der Waals surface area (Å²) in [6, 6.07) is 9.35. The maximum Gasteiger partial charge on any atom is 0.319 e. The van der Waals surface area contributed by atoms with Crippen LogP contribution in [0.15, 0.2) is 42.7 Å². The van der Waals surface area contributed by atoms with Gasteiger partial charge in [0.1, 0.15) is 5.75 Å². The molecule has 0 saturated carbocycles. The van der Waals surface area contributed by atoms with Gasteiger partial charge in [0.25, 0.3) is 0 Å². The average molecular weight is 339 g/mol. The quantitative estimate of drug-likeness (QED) is 0.747. The monoisotopic (exact) mass is 339 g/mol. The molecular formula is C18H21N5O2. The standard InChI is InChI=1S/C18H21N5O2/c1-12(2)23-17-14(10-21-23)8-15(11-19-17)22-18(24)20-9-13-6-4-5-7-16(13)25-3/h4-8,10-12H,9H2,1-3H3,(H2,20,22,24). The highest BCUT2D eigenvalue weighted by atomic mass is 16.5. The van der Waals surface area contributed by atoms with E-state index in [2.05, 4.69) is 20.7 Å². The Balaban J connectivity index is 1.66. The molecule has 130 valence electrons. The van der Waals surface area contributed by atoms with Crippen LogP contribution in [-0.2, 0) is 6.54 Å². The molecule has 2 N–H and O–H groups in total. The molecule has 3 rings (SSSR count). The van der Waals surface area contributed by atoms with Gasteiger partial charge < -0.3 is 15.4 Å². The van der Waals surface area contributed by atoms with Crippen LogP contribution < -0.4 is 15.4 Å². The fourth-order valence-electron chi connectivity index (χ4n) is 2.59. The highest BCUT2D eigenvalue weighted by molar-refractivity contribution is 5.91. The van der Waals surface area contributed by atoms with Gasteiger partial charge in [-0.25, -0.2) is 14.5 Å². The molecule has 0 saturated heterocycles. The number of ether oxygens (including phenoxy) is 1. The number of nitrogens with zero attached hydrogens (tertiary/aromatic N) is 3. The van der Waals surface area contributed by atoms with Gasteiger partial charge in [0.15, 0.2) is 5.65 Å². The third-order valence-corrected chi connectivity index (χ3v) is 3.81. The highest BCUT2D eigenvalue weighted by Crippen LogP contribution is 2.19. The molecule has 25 heavy (non-hydrogen) atoms. The molecule has 0 aliphatic carbocycles. The van der Waals surface area contributed by atoms with Crippen molar-refractivity contribution in [2.75, 3.05) is 12.4 Å². The first-order valence-corrected chi connectivity index (χ1v) is 8.08. The van der Waals surface area contributed by atoms with Crippen LogP contribution in [0.5, 0.6) is 5.75 Å². The number of methoxy groups -OCH3 is 1. The third kappa shape index (κ3) is 3.71. The van der Waals surface area contributed by atoms with E-state index in [0.717, 1.165) is 22.3 Å². The zero-order valence-electron chi connectivity index (χ0n) is 14.5. The largest absolute Gasteiger partial charge is 0.496 e. The van der Waals surface area contributed by atoms with E-state index >= 15 is 0 Å². The normalized spacial score (nSPS) is 10.9. The number of pyridine rings is 1. The summed E-state index contributed by atoms with van der Waals surface area (Å²) in [5, 5.41) is 10.8. The Hall–Kier alpha value is -3.09. The molecular weight excluding hydrogens is 318 g/mol. The lowest BCUT2D eigenvalue weighted by Crippen LogP contribution is -2.28. The summed E-state index contributed by atoms with van der Waals surface area (Å²) in [7, 11) is 1.61. The van der Waals surface area contributed by atoms with Crippen LogP contribution in [-0.4, -0.2) is 27.9 Å². The number of carbonyl (C=O) groups is 1. The average Bonchev–Trinajstić information content (AvgIpc) is 3.03. The molecule has 7 heteroatoms. The second-order valence-electron chi connectivity index (χ2n) is 5.94. The molecule has 0 unspecified atom stereocenters. The number of hydrogen-bond acceptors (Lipinski definition) is 4. The smallest absolute Gasteiger partial charge is 0.319 e. The van der Waals surface area contributed by atoms with Crippen molar-refractivity contribution in [1.82, 2.24) is 20.1 Å². The van der Waals surface area contributed by atoms with Gasteiger partial charge in [-0.1, -0.05) is 18.2 Å². The van der Waals surface area contributed by atoms with E-state index in [4.69, 9.17) is 4.74 Å². The summed E-state index contributed by atoms with van der Waals surface area (Å²) in [5.41, 5.74) is 2.33. The van der Waals surface area contributed by atoms with Gasteiger partial charge in [-0.2, -0.15) is 5.10 Å². The minimum absolute atomic E-state index is 0.230. The number of nitrogens with one attached hydrogen (secondary N) is 2. The lowest BCUT2D eigenvalue weighted by Gasteiger charge is -2.11. The molecule has 0 atom stereocenters. The zero-order chi connectivity index (χ0) is 17.8. The fraction of sp³-hybridized carbons (Fsp3) is 0.278. The zero-order valence-corrected chi connectivity index (χ0v) is 14.5. The maximum atomic E-state index is 12.1. The van der Waals surface area contributed by atoms with Gasteiger partial charge in [0.05, 0.1) is 25.2 Å². The number of anilines is 1. The predicted octanol–water partition coefficient (Wildman–Crippen LogP) is 3.34. The Kier molecular flexibility index (Phi) is 4.83.